The molecule has 1 N–H and O–H groups in total. The molecular weight excluding hydrogens is 248 g/mol. The maximum absolute atomic E-state index is 12.4. The molecule has 2 amide bonds. The van der Waals surface area contributed by atoms with Gasteiger partial charge >= 0.3 is 5.97 Å². The van der Waals surface area contributed by atoms with Crippen molar-refractivity contribution < 1.29 is 19.5 Å². The highest BCUT2D eigenvalue weighted by molar-refractivity contribution is 5.89. The summed E-state index contributed by atoms with van der Waals surface area (Å²) in [6.07, 6.45) is 2.80. The van der Waals surface area contributed by atoms with Crippen molar-refractivity contribution in [3.63, 3.8) is 0 Å². The largest absolute Gasteiger partial charge is 0.480 e. The first kappa shape index (κ1) is 15.5. The molecule has 1 heterocycles. The quantitative estimate of drug-likeness (QED) is 0.798. The zero-order valence-corrected chi connectivity index (χ0v) is 11.6. The summed E-state index contributed by atoms with van der Waals surface area (Å²) < 4.78 is 0. The second-order valence-electron chi connectivity index (χ2n) is 4.70. The first-order valence-electron chi connectivity index (χ1n) is 6.81. The van der Waals surface area contributed by atoms with Crippen molar-refractivity contribution in [2.45, 2.75) is 45.6 Å². The zero-order valence-electron chi connectivity index (χ0n) is 11.6. The van der Waals surface area contributed by atoms with E-state index in [1.54, 1.807) is 18.7 Å². The monoisotopic (exact) mass is 270 g/mol. The topological polar surface area (TPSA) is 77.9 Å². The summed E-state index contributed by atoms with van der Waals surface area (Å²) in [5.41, 5.74) is 0. The van der Waals surface area contributed by atoms with Gasteiger partial charge in [0.1, 0.15) is 12.6 Å². The van der Waals surface area contributed by atoms with Crippen molar-refractivity contribution in [2.75, 3.05) is 19.6 Å². The summed E-state index contributed by atoms with van der Waals surface area (Å²) in [6, 6.07) is -0.486. The Morgan fingerprint density at radius 1 is 1.26 bits per heavy atom. The molecule has 0 aromatic heterocycles. The summed E-state index contributed by atoms with van der Waals surface area (Å²) in [5.74, 6) is -1.31. The number of nitrogens with zero attached hydrogens (tertiary/aromatic N) is 2. The minimum absolute atomic E-state index is 0.0376. The number of hydrogen-bond donors (Lipinski definition) is 1. The lowest BCUT2D eigenvalue weighted by molar-refractivity contribution is -0.151. The number of carboxylic acid groups (broad SMARTS) is 1. The van der Waals surface area contributed by atoms with Gasteiger partial charge in [-0.3, -0.25) is 14.4 Å². The van der Waals surface area contributed by atoms with E-state index in [1.807, 2.05) is 0 Å². The maximum atomic E-state index is 12.4. The van der Waals surface area contributed by atoms with Crippen molar-refractivity contribution in [3.8, 4) is 0 Å². The van der Waals surface area contributed by atoms with Crippen molar-refractivity contribution in [1.29, 1.82) is 0 Å². The van der Waals surface area contributed by atoms with Gasteiger partial charge in [-0.15, -0.1) is 0 Å². The predicted molar refractivity (Wildman–Crippen MR) is 69.5 cm³/mol. The maximum Gasteiger partial charge on any atom is 0.323 e. The fourth-order valence-electron chi connectivity index (χ4n) is 2.41. The van der Waals surface area contributed by atoms with E-state index in [9.17, 15) is 14.4 Å². The van der Waals surface area contributed by atoms with Crippen LogP contribution < -0.4 is 0 Å². The van der Waals surface area contributed by atoms with Crippen LogP contribution in [0.4, 0.5) is 0 Å². The number of likely N-dealkylation sites (N-methyl/N-ethyl adjacent to an activating group) is 1. The number of aliphatic carboxylic acids is 1. The first-order chi connectivity index (χ1) is 9.01. The van der Waals surface area contributed by atoms with Crippen LogP contribution in [-0.4, -0.2) is 58.4 Å². The third-order valence-corrected chi connectivity index (χ3v) is 3.43. The molecule has 1 aliphatic heterocycles. The molecule has 0 aromatic rings. The van der Waals surface area contributed by atoms with E-state index in [0.29, 0.717) is 25.9 Å². The molecule has 1 atom stereocenters. The molecule has 0 aromatic carbocycles. The molecule has 0 spiro atoms. The molecule has 6 nitrogen and oxygen atoms in total. The van der Waals surface area contributed by atoms with Crippen LogP contribution in [0.5, 0.6) is 0 Å². The average Bonchev–Trinajstić information content (AvgIpc) is 2.42. The van der Waals surface area contributed by atoms with Gasteiger partial charge in [-0.1, -0.05) is 6.92 Å². The third kappa shape index (κ3) is 3.94. The van der Waals surface area contributed by atoms with Gasteiger partial charge in [-0.25, -0.2) is 0 Å². The zero-order chi connectivity index (χ0) is 14.4. The smallest absolute Gasteiger partial charge is 0.323 e. The molecule has 0 saturated carbocycles. The molecule has 1 unspecified atom stereocenters. The number of carboxylic acids is 1. The molecule has 19 heavy (non-hydrogen) atoms. The lowest BCUT2D eigenvalue weighted by Gasteiger charge is -2.37. The lowest BCUT2D eigenvalue weighted by atomic mass is 10.00. The van der Waals surface area contributed by atoms with E-state index < -0.39 is 12.0 Å². The fourth-order valence-corrected chi connectivity index (χ4v) is 2.41. The molecule has 0 radical (unpaired) electrons. The number of likely N-dealkylation sites (tertiary alicyclic amines) is 1. The normalized spacial score (nSPS) is 19.1. The summed E-state index contributed by atoms with van der Waals surface area (Å²) >= 11 is 0. The summed E-state index contributed by atoms with van der Waals surface area (Å²) in [5, 5.41) is 8.81. The van der Waals surface area contributed by atoms with Gasteiger partial charge in [0.25, 0.3) is 0 Å². The summed E-state index contributed by atoms with van der Waals surface area (Å²) in [6.45, 7) is 4.15. The van der Waals surface area contributed by atoms with Gasteiger partial charge in [0.2, 0.25) is 11.8 Å². The molecule has 0 bridgehead atoms. The van der Waals surface area contributed by atoms with Crippen molar-refractivity contribution in [2.24, 2.45) is 0 Å². The van der Waals surface area contributed by atoms with E-state index in [0.717, 1.165) is 12.8 Å². The third-order valence-electron chi connectivity index (χ3n) is 3.43. The minimum Gasteiger partial charge on any atom is -0.480 e. The van der Waals surface area contributed by atoms with E-state index in [4.69, 9.17) is 5.11 Å². The fraction of sp³-hybridized carbons (Fsp3) is 0.769. The number of carbonyl (C=O) groups excluding carboxylic acids is 2. The van der Waals surface area contributed by atoms with Gasteiger partial charge in [-0.2, -0.15) is 0 Å². The Bertz CT molecular complexity index is 357. The molecule has 1 aliphatic rings. The molecule has 6 heteroatoms. The second kappa shape index (κ2) is 7.11. The Labute approximate surface area is 113 Å². The highest BCUT2D eigenvalue weighted by atomic mass is 16.4. The van der Waals surface area contributed by atoms with E-state index in [1.165, 1.54) is 4.90 Å². The van der Waals surface area contributed by atoms with Gasteiger partial charge in [0.15, 0.2) is 0 Å². The molecule has 1 saturated heterocycles. The highest BCUT2D eigenvalue weighted by Gasteiger charge is 2.34. The summed E-state index contributed by atoms with van der Waals surface area (Å²) in [4.78, 5) is 37.9. The van der Waals surface area contributed by atoms with Gasteiger partial charge < -0.3 is 14.9 Å². The van der Waals surface area contributed by atoms with Crippen LogP contribution in [-0.2, 0) is 14.4 Å². The Hall–Kier alpha value is -1.59. The van der Waals surface area contributed by atoms with Gasteiger partial charge in [0, 0.05) is 19.5 Å². The molecule has 108 valence electrons. The van der Waals surface area contributed by atoms with Crippen molar-refractivity contribution in [1.82, 2.24) is 9.80 Å². The minimum atomic E-state index is -1.03. The van der Waals surface area contributed by atoms with Gasteiger partial charge in [0.05, 0.1) is 0 Å². The molecular formula is C13H22N2O4. The number of hydrogen-bond acceptors (Lipinski definition) is 3. The Kier molecular flexibility index (Phi) is 5.79. The molecule has 1 rings (SSSR count). The van der Waals surface area contributed by atoms with Crippen LogP contribution in [0.2, 0.25) is 0 Å². The SMILES string of the molecule is CCC(=O)N1CCCCC1C(=O)N(CC)CC(=O)O. The number of carbonyl (C=O) groups is 3. The van der Waals surface area contributed by atoms with E-state index in [-0.39, 0.29) is 18.4 Å². The van der Waals surface area contributed by atoms with E-state index >= 15 is 0 Å². The Morgan fingerprint density at radius 3 is 2.47 bits per heavy atom. The number of piperidine rings is 1. The van der Waals surface area contributed by atoms with Crippen LogP contribution in [0.3, 0.4) is 0 Å². The van der Waals surface area contributed by atoms with Crippen LogP contribution in [0.1, 0.15) is 39.5 Å². The van der Waals surface area contributed by atoms with Crippen LogP contribution in [0.25, 0.3) is 0 Å². The second-order valence-corrected chi connectivity index (χ2v) is 4.70. The van der Waals surface area contributed by atoms with Crippen molar-refractivity contribution in [3.05, 3.63) is 0 Å². The lowest BCUT2D eigenvalue weighted by Crippen LogP contribution is -2.53. The number of amides is 2. The predicted octanol–water partition coefficient (Wildman–Crippen LogP) is 0.711. The van der Waals surface area contributed by atoms with Crippen LogP contribution in [0.15, 0.2) is 0 Å². The van der Waals surface area contributed by atoms with Gasteiger partial charge in [-0.05, 0) is 26.2 Å². The highest BCUT2D eigenvalue weighted by Crippen LogP contribution is 2.20. The van der Waals surface area contributed by atoms with E-state index in [2.05, 4.69) is 0 Å². The Balaban J connectivity index is 2.80. The number of rotatable bonds is 5. The van der Waals surface area contributed by atoms with Crippen molar-refractivity contribution >= 4 is 17.8 Å². The van der Waals surface area contributed by atoms with Crippen LogP contribution in [0, 0.1) is 0 Å². The Morgan fingerprint density at radius 2 is 1.95 bits per heavy atom. The molecule has 0 aliphatic carbocycles. The van der Waals surface area contributed by atoms with Crippen LogP contribution >= 0.6 is 0 Å². The average molecular weight is 270 g/mol. The first-order valence-corrected chi connectivity index (χ1v) is 6.81. The standard InChI is InChI=1S/C13H22N2O4/c1-3-11(16)15-8-6-5-7-10(15)13(19)14(4-2)9-12(17)18/h10H,3-9H2,1-2H3,(H,17,18). The summed E-state index contributed by atoms with van der Waals surface area (Å²) in [7, 11) is 0. The molecule has 1 fully saturated rings.